The highest BCUT2D eigenvalue weighted by Crippen LogP contribution is 2.28. The molecule has 1 aliphatic carbocycles. The highest BCUT2D eigenvalue weighted by atomic mass is 35.5. The van der Waals surface area contributed by atoms with Gasteiger partial charge in [0.05, 0.1) is 5.02 Å². The fourth-order valence-corrected chi connectivity index (χ4v) is 4.40. The van der Waals surface area contributed by atoms with Crippen LogP contribution in [0.4, 0.5) is 5.82 Å². The van der Waals surface area contributed by atoms with E-state index in [2.05, 4.69) is 15.0 Å². The lowest BCUT2D eigenvalue weighted by Gasteiger charge is -2.28. The van der Waals surface area contributed by atoms with Gasteiger partial charge in [0.2, 0.25) is 10.0 Å². The predicted octanol–water partition coefficient (Wildman–Crippen LogP) is 3.02. The van der Waals surface area contributed by atoms with E-state index < -0.39 is 10.0 Å². The van der Waals surface area contributed by atoms with Crippen LogP contribution in [0.15, 0.2) is 17.2 Å². The Hall–Kier alpha value is -0.850. The molecule has 118 valence electrons. The van der Waals surface area contributed by atoms with E-state index in [9.17, 15) is 8.42 Å². The number of aromatic nitrogens is 1. The molecule has 2 N–H and O–H groups in total. The third-order valence-corrected chi connectivity index (χ3v) is 5.88. The van der Waals surface area contributed by atoms with Gasteiger partial charge in [-0.2, -0.15) is 0 Å². The number of sulfonamides is 1. The smallest absolute Gasteiger partial charge is 0.242 e. The van der Waals surface area contributed by atoms with Gasteiger partial charge in [-0.3, -0.25) is 0 Å². The van der Waals surface area contributed by atoms with E-state index in [0.717, 1.165) is 12.8 Å². The third-order valence-electron chi connectivity index (χ3n) is 4.06. The molecule has 0 aromatic carbocycles. The molecule has 1 aromatic heterocycles. The number of hydrogen-bond donors (Lipinski definition) is 2. The molecular weight excluding hydrogens is 310 g/mol. The zero-order valence-corrected chi connectivity index (χ0v) is 14.0. The Labute approximate surface area is 131 Å². The van der Waals surface area contributed by atoms with E-state index in [0.29, 0.717) is 16.8 Å². The maximum atomic E-state index is 12.4. The van der Waals surface area contributed by atoms with Crippen molar-refractivity contribution in [3.05, 3.63) is 17.3 Å². The van der Waals surface area contributed by atoms with Crippen molar-refractivity contribution in [2.24, 2.45) is 5.92 Å². The Morgan fingerprint density at radius 1 is 1.33 bits per heavy atom. The highest BCUT2D eigenvalue weighted by molar-refractivity contribution is 7.89. The van der Waals surface area contributed by atoms with E-state index in [1.807, 2.05) is 6.92 Å². The van der Waals surface area contributed by atoms with Gasteiger partial charge in [0.1, 0.15) is 10.7 Å². The molecule has 0 aliphatic heterocycles. The molecule has 0 spiro atoms. The Morgan fingerprint density at radius 3 is 2.57 bits per heavy atom. The summed E-state index contributed by atoms with van der Waals surface area (Å²) in [5.41, 5.74) is 0. The average Bonchev–Trinajstić information content (AvgIpc) is 2.47. The predicted molar refractivity (Wildman–Crippen MR) is 85.2 cm³/mol. The Bertz CT molecular complexity index is 586. The van der Waals surface area contributed by atoms with Gasteiger partial charge in [0.15, 0.2) is 0 Å². The lowest BCUT2D eigenvalue weighted by Crippen LogP contribution is -2.38. The molecule has 1 unspecified atom stereocenters. The molecule has 0 amide bonds. The molecule has 1 heterocycles. The van der Waals surface area contributed by atoms with Crippen LogP contribution < -0.4 is 10.0 Å². The summed E-state index contributed by atoms with van der Waals surface area (Å²) in [5.74, 6) is 0.879. The van der Waals surface area contributed by atoms with E-state index in [1.165, 1.54) is 31.5 Å². The van der Waals surface area contributed by atoms with Crippen molar-refractivity contribution in [1.82, 2.24) is 9.71 Å². The summed E-state index contributed by atoms with van der Waals surface area (Å²) in [7, 11) is -1.89. The van der Waals surface area contributed by atoms with Crippen LogP contribution in [-0.4, -0.2) is 26.5 Å². The van der Waals surface area contributed by atoms with E-state index in [-0.39, 0.29) is 10.9 Å². The molecule has 0 radical (unpaired) electrons. The average molecular weight is 332 g/mol. The summed E-state index contributed by atoms with van der Waals surface area (Å²) >= 11 is 6.00. The molecule has 1 aromatic rings. The largest absolute Gasteiger partial charge is 0.372 e. The molecule has 0 bridgehead atoms. The molecule has 2 rings (SSSR count). The second kappa shape index (κ2) is 6.94. The number of pyridine rings is 1. The lowest BCUT2D eigenvalue weighted by molar-refractivity contribution is 0.303. The molecule has 1 aliphatic rings. The number of halogens is 1. The number of hydrogen-bond acceptors (Lipinski definition) is 4. The van der Waals surface area contributed by atoms with Crippen LogP contribution in [0.5, 0.6) is 0 Å². The van der Waals surface area contributed by atoms with Crippen LogP contribution in [0.1, 0.15) is 39.0 Å². The Morgan fingerprint density at radius 2 is 2.00 bits per heavy atom. The van der Waals surface area contributed by atoms with Gasteiger partial charge >= 0.3 is 0 Å². The first-order valence-corrected chi connectivity index (χ1v) is 9.16. The fourth-order valence-electron chi connectivity index (χ4n) is 2.79. The molecule has 21 heavy (non-hydrogen) atoms. The number of rotatable bonds is 5. The van der Waals surface area contributed by atoms with Crippen LogP contribution >= 0.6 is 11.6 Å². The van der Waals surface area contributed by atoms with Crippen molar-refractivity contribution in [2.75, 3.05) is 12.4 Å². The molecule has 7 heteroatoms. The SMILES string of the molecule is CNc1ncc(S(=O)(=O)NC(C)C2CCCCC2)cc1Cl. The van der Waals surface area contributed by atoms with Crippen molar-refractivity contribution in [3.8, 4) is 0 Å². The van der Waals surface area contributed by atoms with Crippen molar-refractivity contribution in [2.45, 2.75) is 50.0 Å². The second-order valence-electron chi connectivity index (χ2n) is 5.56. The first kappa shape index (κ1) is 16.5. The number of anilines is 1. The van der Waals surface area contributed by atoms with Crippen LogP contribution in [0.2, 0.25) is 5.02 Å². The van der Waals surface area contributed by atoms with Crippen LogP contribution in [-0.2, 0) is 10.0 Å². The summed E-state index contributed by atoms with van der Waals surface area (Å²) in [6.07, 6.45) is 7.11. The maximum absolute atomic E-state index is 12.4. The maximum Gasteiger partial charge on any atom is 0.242 e. The summed E-state index contributed by atoms with van der Waals surface area (Å²) in [6.45, 7) is 1.94. The summed E-state index contributed by atoms with van der Waals surface area (Å²) in [4.78, 5) is 4.13. The van der Waals surface area contributed by atoms with Crippen molar-refractivity contribution < 1.29 is 8.42 Å². The molecule has 1 saturated carbocycles. The van der Waals surface area contributed by atoms with Crippen molar-refractivity contribution >= 4 is 27.4 Å². The van der Waals surface area contributed by atoms with E-state index in [1.54, 1.807) is 7.05 Å². The molecule has 0 saturated heterocycles. The van der Waals surface area contributed by atoms with Crippen LogP contribution in [0.25, 0.3) is 0 Å². The monoisotopic (exact) mass is 331 g/mol. The lowest BCUT2D eigenvalue weighted by atomic mass is 9.85. The summed E-state index contributed by atoms with van der Waals surface area (Å²) in [5, 5.41) is 3.11. The Balaban J connectivity index is 2.12. The standard InChI is InChI=1S/C14H22ClN3O2S/c1-10(11-6-4-3-5-7-11)18-21(19,20)12-8-13(15)14(16-2)17-9-12/h8-11,18H,3-7H2,1-2H3,(H,16,17). The van der Waals surface area contributed by atoms with E-state index >= 15 is 0 Å². The zero-order chi connectivity index (χ0) is 15.5. The van der Waals surface area contributed by atoms with Gasteiger partial charge in [-0.25, -0.2) is 18.1 Å². The Kier molecular flexibility index (Phi) is 5.46. The second-order valence-corrected chi connectivity index (χ2v) is 7.68. The van der Waals surface area contributed by atoms with E-state index in [4.69, 9.17) is 11.6 Å². The number of nitrogens with one attached hydrogen (secondary N) is 2. The minimum absolute atomic E-state index is 0.0712. The van der Waals surface area contributed by atoms with Gasteiger partial charge in [0.25, 0.3) is 0 Å². The van der Waals surface area contributed by atoms with Crippen molar-refractivity contribution in [3.63, 3.8) is 0 Å². The molecule has 1 atom stereocenters. The minimum atomic E-state index is -3.58. The van der Waals surface area contributed by atoms with Gasteiger partial charge < -0.3 is 5.32 Å². The quantitative estimate of drug-likeness (QED) is 0.870. The van der Waals surface area contributed by atoms with Gasteiger partial charge in [-0.1, -0.05) is 30.9 Å². The zero-order valence-electron chi connectivity index (χ0n) is 12.4. The molecule has 1 fully saturated rings. The minimum Gasteiger partial charge on any atom is -0.372 e. The van der Waals surface area contributed by atoms with Crippen LogP contribution in [0, 0.1) is 5.92 Å². The first-order valence-electron chi connectivity index (χ1n) is 7.29. The third kappa shape index (κ3) is 4.08. The summed E-state index contributed by atoms with van der Waals surface area (Å²) in [6, 6.07) is 1.36. The van der Waals surface area contributed by atoms with Gasteiger partial charge in [-0.15, -0.1) is 0 Å². The topological polar surface area (TPSA) is 71.1 Å². The number of nitrogens with zero attached hydrogens (tertiary/aromatic N) is 1. The molecular formula is C14H22ClN3O2S. The highest BCUT2D eigenvalue weighted by Gasteiger charge is 2.25. The van der Waals surface area contributed by atoms with Gasteiger partial charge in [-0.05, 0) is 31.7 Å². The van der Waals surface area contributed by atoms with Crippen LogP contribution in [0.3, 0.4) is 0 Å². The summed E-state index contributed by atoms with van der Waals surface area (Å²) < 4.78 is 27.6. The fraction of sp³-hybridized carbons (Fsp3) is 0.643. The van der Waals surface area contributed by atoms with Crippen molar-refractivity contribution in [1.29, 1.82) is 0 Å². The van der Waals surface area contributed by atoms with Gasteiger partial charge in [0, 0.05) is 19.3 Å². The normalized spacial score (nSPS) is 18.4. The first-order chi connectivity index (χ1) is 9.94. The molecule has 5 nitrogen and oxygen atoms in total.